The Hall–Kier alpha value is -5.51. The number of aliphatic carboxylic acids is 1. The summed E-state index contributed by atoms with van der Waals surface area (Å²) in [5.74, 6) is -6.52. The third-order valence-corrected chi connectivity index (χ3v) is 11.1. The highest BCUT2D eigenvalue weighted by Crippen LogP contribution is 2.65. The fraction of sp³-hybridized carbons (Fsp3) is 0.325. The molecule has 0 radical (unpaired) electrons. The number of nitrogens with zero attached hydrogens (tertiary/aromatic N) is 2. The van der Waals surface area contributed by atoms with Gasteiger partial charge in [0.15, 0.2) is 0 Å². The molecule has 4 amide bonds. The van der Waals surface area contributed by atoms with Crippen LogP contribution >= 0.6 is 0 Å². The predicted octanol–water partition coefficient (Wildman–Crippen LogP) is 5.28. The number of aryl methyl sites for hydroxylation is 1. The second-order valence-corrected chi connectivity index (χ2v) is 13.8. The average molecular weight is 674 g/mol. The Balaban J connectivity index is 1.42. The molecule has 2 aliphatic carbocycles. The van der Waals surface area contributed by atoms with Crippen molar-refractivity contribution in [2.45, 2.75) is 50.4 Å². The first kappa shape index (κ1) is 33.0. The van der Waals surface area contributed by atoms with Crippen LogP contribution in [0.25, 0.3) is 0 Å². The van der Waals surface area contributed by atoms with E-state index in [1.165, 1.54) is 4.90 Å². The number of phenolic OH excluding ortho intramolecular Hbond substituents is 1. The zero-order chi connectivity index (χ0) is 35.3. The Morgan fingerprint density at radius 1 is 0.960 bits per heavy atom. The van der Waals surface area contributed by atoms with Crippen LogP contribution in [0.5, 0.6) is 5.75 Å². The summed E-state index contributed by atoms with van der Waals surface area (Å²) in [6, 6.07) is 21.9. The quantitative estimate of drug-likeness (QED) is 0.195. The molecule has 3 fully saturated rings. The van der Waals surface area contributed by atoms with Gasteiger partial charge in [0.05, 0.1) is 28.9 Å². The van der Waals surface area contributed by atoms with Crippen molar-refractivity contribution in [1.29, 1.82) is 0 Å². The number of aromatic hydroxyl groups is 1. The van der Waals surface area contributed by atoms with Crippen LogP contribution < -0.4 is 5.43 Å². The van der Waals surface area contributed by atoms with E-state index in [4.69, 9.17) is 0 Å². The van der Waals surface area contributed by atoms with Gasteiger partial charge in [-0.15, -0.1) is 6.58 Å². The van der Waals surface area contributed by atoms with E-state index in [2.05, 4.69) is 12.0 Å². The second kappa shape index (κ2) is 12.7. The minimum atomic E-state index is -1.50. The third kappa shape index (κ3) is 5.04. The number of fused-ring (bicyclic) bond motifs is 4. The second-order valence-electron chi connectivity index (χ2n) is 13.8. The van der Waals surface area contributed by atoms with E-state index in [0.29, 0.717) is 28.8 Å². The number of amides is 4. The van der Waals surface area contributed by atoms with Crippen molar-refractivity contribution in [1.82, 2.24) is 9.91 Å². The lowest BCUT2D eigenvalue weighted by Crippen LogP contribution is -2.53. The standard InChI is InChI=1S/C40H39N3O7/c1-3-9-24-10-7-13-29(35(24)46)34-27-19-20-28-33(38(49)42(36(28)47)21-8-14-32(44)45)30(27)22-31-37(48)43(41-26-17-15-23(2)16-18-26)39(50)40(31,34)25-11-5-4-6-12-25/h3-7,10-13,15-19,28,30-31,33-34,41,46H,1,8-9,14,20-22H2,2H3,(H,44,45). The van der Waals surface area contributed by atoms with Crippen LogP contribution in [-0.4, -0.2) is 56.3 Å². The molecule has 6 unspecified atom stereocenters. The molecule has 0 aromatic heterocycles. The van der Waals surface area contributed by atoms with E-state index in [0.717, 1.165) is 16.1 Å². The number of imide groups is 2. The molecular weight excluding hydrogens is 634 g/mol. The summed E-state index contributed by atoms with van der Waals surface area (Å²) in [6.45, 7) is 5.78. The van der Waals surface area contributed by atoms with Gasteiger partial charge in [0.25, 0.3) is 11.8 Å². The molecule has 10 nitrogen and oxygen atoms in total. The Kier molecular flexibility index (Phi) is 8.41. The van der Waals surface area contributed by atoms with Gasteiger partial charge in [0.2, 0.25) is 11.8 Å². The number of carboxylic acids is 1. The lowest BCUT2D eigenvalue weighted by Gasteiger charge is -2.50. The molecule has 256 valence electrons. The maximum absolute atomic E-state index is 15.2. The van der Waals surface area contributed by atoms with Gasteiger partial charge in [0, 0.05) is 24.4 Å². The summed E-state index contributed by atoms with van der Waals surface area (Å²) in [6.07, 6.45) is 4.32. The van der Waals surface area contributed by atoms with Crippen LogP contribution in [0.3, 0.4) is 0 Å². The Morgan fingerprint density at radius 2 is 1.70 bits per heavy atom. The highest BCUT2D eigenvalue weighted by molar-refractivity contribution is 6.13. The predicted molar refractivity (Wildman–Crippen MR) is 184 cm³/mol. The summed E-state index contributed by atoms with van der Waals surface area (Å²) in [4.78, 5) is 70.2. The summed E-state index contributed by atoms with van der Waals surface area (Å²) in [7, 11) is 0. The van der Waals surface area contributed by atoms with Crippen molar-refractivity contribution in [2.24, 2.45) is 23.7 Å². The Bertz CT molecular complexity index is 1940. The van der Waals surface area contributed by atoms with Crippen molar-refractivity contribution < 1.29 is 34.2 Å². The van der Waals surface area contributed by atoms with E-state index >= 15 is 4.79 Å². The van der Waals surface area contributed by atoms with E-state index in [1.807, 2.05) is 61.5 Å². The van der Waals surface area contributed by atoms with Crippen molar-refractivity contribution in [3.63, 3.8) is 0 Å². The number of phenols is 1. The van der Waals surface area contributed by atoms with Gasteiger partial charge in [0.1, 0.15) is 5.75 Å². The number of carboxylic acid groups (broad SMARTS) is 1. The number of hydrogen-bond acceptors (Lipinski definition) is 7. The summed E-state index contributed by atoms with van der Waals surface area (Å²) in [5, 5.41) is 22.2. The Morgan fingerprint density at radius 3 is 2.40 bits per heavy atom. The molecule has 3 aromatic rings. The number of hydrazine groups is 1. The number of anilines is 1. The minimum absolute atomic E-state index is 0.00409. The van der Waals surface area contributed by atoms with Crippen LogP contribution in [0, 0.1) is 30.6 Å². The van der Waals surface area contributed by atoms with Gasteiger partial charge in [-0.05, 0) is 61.8 Å². The number of likely N-dealkylation sites (tertiary alicyclic amines) is 1. The molecule has 0 spiro atoms. The number of allylic oxidation sites excluding steroid dienone is 3. The van der Waals surface area contributed by atoms with Crippen molar-refractivity contribution in [2.75, 3.05) is 12.0 Å². The number of hydrogen-bond donors (Lipinski definition) is 3. The lowest BCUT2D eigenvalue weighted by molar-refractivity contribution is -0.142. The summed E-state index contributed by atoms with van der Waals surface area (Å²) >= 11 is 0. The van der Waals surface area contributed by atoms with Crippen LogP contribution in [0.1, 0.15) is 53.9 Å². The smallest absolute Gasteiger partial charge is 0.303 e. The molecule has 3 N–H and O–H groups in total. The number of rotatable bonds is 10. The van der Waals surface area contributed by atoms with Gasteiger partial charge < -0.3 is 10.2 Å². The maximum Gasteiger partial charge on any atom is 0.303 e. The zero-order valence-electron chi connectivity index (χ0n) is 27.7. The monoisotopic (exact) mass is 673 g/mol. The van der Waals surface area contributed by atoms with Crippen molar-refractivity contribution in [3.05, 3.63) is 119 Å². The van der Waals surface area contributed by atoms with Crippen LogP contribution in [0.15, 0.2) is 97.1 Å². The van der Waals surface area contributed by atoms with Gasteiger partial charge in [-0.1, -0.05) is 84.0 Å². The van der Waals surface area contributed by atoms with Crippen LogP contribution in [0.4, 0.5) is 5.69 Å². The molecule has 4 aliphatic rings. The van der Waals surface area contributed by atoms with Gasteiger partial charge in [-0.2, -0.15) is 5.01 Å². The number of carbonyl (C=O) groups is 5. The summed E-state index contributed by atoms with van der Waals surface area (Å²) < 4.78 is 0. The first-order chi connectivity index (χ1) is 24.1. The molecule has 0 bridgehead atoms. The van der Waals surface area contributed by atoms with Crippen LogP contribution in [-0.2, 0) is 35.8 Å². The molecule has 10 heteroatoms. The largest absolute Gasteiger partial charge is 0.507 e. The highest BCUT2D eigenvalue weighted by Gasteiger charge is 2.70. The van der Waals surface area contributed by atoms with E-state index in [1.54, 1.807) is 30.3 Å². The molecule has 50 heavy (non-hydrogen) atoms. The maximum atomic E-state index is 15.2. The van der Waals surface area contributed by atoms with Gasteiger partial charge in [-0.25, -0.2) is 0 Å². The molecule has 1 saturated carbocycles. The normalized spacial score (nSPS) is 27.1. The van der Waals surface area contributed by atoms with Crippen molar-refractivity contribution in [3.8, 4) is 5.75 Å². The topological polar surface area (TPSA) is 144 Å². The first-order valence-electron chi connectivity index (χ1n) is 17.0. The fourth-order valence-electron chi connectivity index (χ4n) is 8.93. The number of para-hydroxylation sites is 1. The number of nitrogens with one attached hydrogen (secondary N) is 1. The summed E-state index contributed by atoms with van der Waals surface area (Å²) in [5.41, 5.74) is 5.57. The highest BCUT2D eigenvalue weighted by atomic mass is 16.4. The SMILES string of the molecule is C=CCc1cccc(C2C3=CCC4C(=O)N(CCCC(=O)O)C(=O)C4C3CC3C(=O)N(Nc4ccc(C)cc4)C(=O)C32c2ccccc2)c1O. The molecular formula is C40H39N3O7. The molecule has 7 rings (SSSR count). The van der Waals surface area contributed by atoms with Gasteiger partial charge in [-0.3, -0.25) is 34.3 Å². The minimum Gasteiger partial charge on any atom is -0.507 e. The van der Waals surface area contributed by atoms with E-state index in [9.17, 15) is 29.4 Å². The number of benzene rings is 3. The molecule has 3 aromatic carbocycles. The molecule has 6 atom stereocenters. The van der Waals surface area contributed by atoms with Gasteiger partial charge >= 0.3 is 5.97 Å². The molecule has 2 saturated heterocycles. The average Bonchev–Trinajstić information content (AvgIpc) is 3.48. The molecule has 2 heterocycles. The first-order valence-corrected chi connectivity index (χ1v) is 17.0. The van der Waals surface area contributed by atoms with E-state index in [-0.39, 0.29) is 49.8 Å². The Labute approximate surface area is 290 Å². The zero-order valence-corrected chi connectivity index (χ0v) is 27.7. The fourth-order valence-corrected chi connectivity index (χ4v) is 8.93. The number of carbonyl (C=O) groups excluding carboxylic acids is 4. The van der Waals surface area contributed by atoms with Crippen LogP contribution in [0.2, 0.25) is 0 Å². The molecule has 2 aliphatic heterocycles. The lowest BCUT2D eigenvalue weighted by atomic mass is 9.49. The third-order valence-electron chi connectivity index (χ3n) is 11.1. The van der Waals surface area contributed by atoms with E-state index < -0.39 is 52.8 Å². The van der Waals surface area contributed by atoms with Crippen molar-refractivity contribution >= 4 is 35.3 Å².